The first-order valence-electron chi connectivity index (χ1n) is 8.55. The first-order valence-corrected chi connectivity index (χ1v) is 10.2. The highest BCUT2D eigenvalue weighted by molar-refractivity contribution is 14.0. The van der Waals surface area contributed by atoms with Gasteiger partial charge in [0.2, 0.25) is 0 Å². The van der Waals surface area contributed by atoms with Gasteiger partial charge in [0.05, 0.1) is 17.2 Å². The Morgan fingerprint density at radius 2 is 1.81 bits per heavy atom. The molecule has 27 heavy (non-hydrogen) atoms. The van der Waals surface area contributed by atoms with Gasteiger partial charge in [-0.1, -0.05) is 30.3 Å². The zero-order chi connectivity index (χ0) is 18.8. The third kappa shape index (κ3) is 8.25. The molecule has 0 aliphatic heterocycles. The van der Waals surface area contributed by atoms with E-state index in [2.05, 4.69) is 15.6 Å². The van der Waals surface area contributed by atoms with Crippen LogP contribution >= 0.6 is 24.0 Å². The molecular weight excluding hydrogens is 480 g/mol. The molecule has 0 heterocycles. The lowest BCUT2D eigenvalue weighted by molar-refractivity contribution is 0.592. The maximum atomic E-state index is 13.2. The number of hydrogen-bond acceptors (Lipinski definition) is 3. The van der Waals surface area contributed by atoms with Crippen LogP contribution in [0.25, 0.3) is 0 Å². The van der Waals surface area contributed by atoms with Crippen LogP contribution in [0.5, 0.6) is 0 Å². The normalized spacial score (nSPS) is 11.6. The lowest BCUT2D eigenvalue weighted by Gasteiger charge is -2.11. The summed E-state index contributed by atoms with van der Waals surface area (Å²) in [4.78, 5) is 4.73. The minimum atomic E-state index is -3.27. The standard InChI is InChI=1S/C19H24FN3O2S.HI/c1-2-21-19(23-15-16-8-6-9-17(20)14-16)22-12-7-13-26(24,25)18-10-4-3-5-11-18;/h3-6,8-11,14H,2,7,12-13,15H2,1H3,(H2,21,22,23);1H. The van der Waals surface area contributed by atoms with Gasteiger partial charge in [-0.25, -0.2) is 17.8 Å². The van der Waals surface area contributed by atoms with Gasteiger partial charge in [0, 0.05) is 13.1 Å². The van der Waals surface area contributed by atoms with E-state index in [1.807, 2.05) is 13.0 Å². The fraction of sp³-hybridized carbons (Fsp3) is 0.316. The lowest BCUT2D eigenvalue weighted by Crippen LogP contribution is -2.38. The summed E-state index contributed by atoms with van der Waals surface area (Å²) in [5.74, 6) is 0.350. The van der Waals surface area contributed by atoms with Crippen molar-refractivity contribution in [1.82, 2.24) is 10.6 Å². The molecular formula is C19H25FIN3O2S. The fourth-order valence-electron chi connectivity index (χ4n) is 2.36. The Balaban J connectivity index is 0.00000364. The molecule has 0 unspecified atom stereocenters. The maximum absolute atomic E-state index is 13.2. The van der Waals surface area contributed by atoms with Gasteiger partial charge < -0.3 is 10.6 Å². The zero-order valence-corrected chi connectivity index (χ0v) is 18.3. The number of sulfone groups is 1. The van der Waals surface area contributed by atoms with Crippen molar-refractivity contribution >= 4 is 39.8 Å². The first kappa shape index (κ1) is 23.4. The monoisotopic (exact) mass is 505 g/mol. The Morgan fingerprint density at radius 1 is 1.07 bits per heavy atom. The molecule has 0 fully saturated rings. The molecule has 0 spiro atoms. The van der Waals surface area contributed by atoms with Gasteiger partial charge in [0.1, 0.15) is 5.82 Å². The van der Waals surface area contributed by atoms with Crippen molar-refractivity contribution in [3.63, 3.8) is 0 Å². The summed E-state index contributed by atoms with van der Waals surface area (Å²) >= 11 is 0. The zero-order valence-electron chi connectivity index (χ0n) is 15.2. The molecule has 148 valence electrons. The number of hydrogen-bond donors (Lipinski definition) is 2. The van der Waals surface area contributed by atoms with Gasteiger partial charge >= 0.3 is 0 Å². The van der Waals surface area contributed by atoms with E-state index in [0.29, 0.717) is 36.9 Å². The molecule has 0 aromatic heterocycles. The maximum Gasteiger partial charge on any atom is 0.191 e. The summed E-state index contributed by atoms with van der Waals surface area (Å²) in [5.41, 5.74) is 0.772. The largest absolute Gasteiger partial charge is 0.357 e. The number of halogens is 2. The van der Waals surface area contributed by atoms with Crippen molar-refractivity contribution in [2.45, 2.75) is 24.8 Å². The minimum Gasteiger partial charge on any atom is -0.357 e. The molecule has 0 aliphatic rings. The second-order valence-corrected chi connectivity index (χ2v) is 7.85. The molecule has 0 bridgehead atoms. The quantitative estimate of drug-likeness (QED) is 0.250. The fourth-order valence-corrected chi connectivity index (χ4v) is 3.69. The van der Waals surface area contributed by atoms with Gasteiger partial charge in [-0.3, -0.25) is 0 Å². The van der Waals surface area contributed by atoms with Crippen LogP contribution in [0.15, 0.2) is 64.5 Å². The van der Waals surface area contributed by atoms with E-state index in [1.165, 1.54) is 12.1 Å². The Hall–Kier alpha value is -1.68. The van der Waals surface area contributed by atoms with Crippen LogP contribution < -0.4 is 10.6 Å². The second kappa shape index (κ2) is 11.9. The van der Waals surface area contributed by atoms with E-state index in [0.717, 1.165) is 5.56 Å². The highest BCUT2D eigenvalue weighted by atomic mass is 127. The number of aliphatic imine (C=N–C) groups is 1. The minimum absolute atomic E-state index is 0. The molecule has 2 aromatic carbocycles. The average molecular weight is 505 g/mol. The molecule has 2 rings (SSSR count). The number of guanidine groups is 1. The highest BCUT2D eigenvalue weighted by Gasteiger charge is 2.13. The van der Waals surface area contributed by atoms with E-state index in [4.69, 9.17) is 0 Å². The summed E-state index contributed by atoms with van der Waals surface area (Å²) in [6, 6.07) is 14.7. The summed E-state index contributed by atoms with van der Waals surface area (Å²) in [6.45, 7) is 3.44. The number of benzene rings is 2. The van der Waals surface area contributed by atoms with Crippen LogP contribution in [0.4, 0.5) is 4.39 Å². The van der Waals surface area contributed by atoms with E-state index < -0.39 is 9.84 Å². The van der Waals surface area contributed by atoms with Gasteiger partial charge in [-0.2, -0.15) is 0 Å². The van der Waals surface area contributed by atoms with Crippen LogP contribution in [0.2, 0.25) is 0 Å². The van der Waals surface area contributed by atoms with E-state index in [-0.39, 0.29) is 35.5 Å². The van der Waals surface area contributed by atoms with Crippen molar-refractivity contribution in [3.8, 4) is 0 Å². The summed E-state index contributed by atoms with van der Waals surface area (Å²) in [6.07, 6.45) is 0.460. The van der Waals surface area contributed by atoms with Crippen molar-refractivity contribution < 1.29 is 12.8 Å². The van der Waals surface area contributed by atoms with Gasteiger partial charge in [0.15, 0.2) is 15.8 Å². The molecule has 0 atom stereocenters. The highest BCUT2D eigenvalue weighted by Crippen LogP contribution is 2.10. The predicted molar refractivity (Wildman–Crippen MR) is 118 cm³/mol. The third-order valence-corrected chi connectivity index (χ3v) is 5.45. The molecule has 0 saturated heterocycles. The summed E-state index contributed by atoms with van der Waals surface area (Å²) in [7, 11) is -3.27. The van der Waals surface area contributed by atoms with Crippen molar-refractivity contribution in [1.29, 1.82) is 0 Å². The van der Waals surface area contributed by atoms with Crippen molar-refractivity contribution in [2.75, 3.05) is 18.8 Å². The third-order valence-electron chi connectivity index (χ3n) is 3.64. The Kier molecular flexibility index (Phi) is 10.3. The number of rotatable bonds is 8. The first-order chi connectivity index (χ1) is 12.5. The summed E-state index contributed by atoms with van der Waals surface area (Å²) < 4.78 is 37.7. The predicted octanol–water partition coefficient (Wildman–Crippen LogP) is 3.36. The molecule has 0 amide bonds. The Morgan fingerprint density at radius 3 is 2.48 bits per heavy atom. The number of nitrogens with zero attached hydrogens (tertiary/aromatic N) is 1. The number of nitrogens with one attached hydrogen (secondary N) is 2. The van der Waals surface area contributed by atoms with Crippen molar-refractivity contribution in [2.24, 2.45) is 4.99 Å². The molecule has 2 N–H and O–H groups in total. The van der Waals surface area contributed by atoms with Crippen LogP contribution in [-0.4, -0.2) is 33.2 Å². The molecule has 5 nitrogen and oxygen atoms in total. The topological polar surface area (TPSA) is 70.6 Å². The summed E-state index contributed by atoms with van der Waals surface area (Å²) in [5, 5.41) is 6.20. The SMILES string of the molecule is CCNC(=NCc1cccc(F)c1)NCCCS(=O)(=O)c1ccccc1.I. The van der Waals surface area contributed by atoms with Gasteiger partial charge in [0.25, 0.3) is 0 Å². The van der Waals surface area contributed by atoms with Gasteiger partial charge in [-0.05, 0) is 43.2 Å². The van der Waals surface area contributed by atoms with Gasteiger partial charge in [-0.15, -0.1) is 24.0 Å². The van der Waals surface area contributed by atoms with Crippen LogP contribution in [0.1, 0.15) is 18.9 Å². The molecule has 8 heteroatoms. The van der Waals surface area contributed by atoms with E-state index in [9.17, 15) is 12.8 Å². The average Bonchev–Trinajstić information content (AvgIpc) is 2.64. The molecule has 2 aromatic rings. The smallest absolute Gasteiger partial charge is 0.191 e. The van der Waals surface area contributed by atoms with E-state index in [1.54, 1.807) is 36.4 Å². The second-order valence-electron chi connectivity index (χ2n) is 5.74. The van der Waals surface area contributed by atoms with Crippen LogP contribution in [0.3, 0.4) is 0 Å². The van der Waals surface area contributed by atoms with E-state index >= 15 is 0 Å². The Bertz CT molecular complexity index is 830. The lowest BCUT2D eigenvalue weighted by atomic mass is 10.2. The molecule has 0 radical (unpaired) electrons. The van der Waals surface area contributed by atoms with Crippen LogP contribution in [0, 0.1) is 5.82 Å². The Labute approximate surface area is 177 Å². The molecule has 0 aliphatic carbocycles. The molecule has 0 saturated carbocycles. The van der Waals surface area contributed by atoms with Crippen molar-refractivity contribution in [3.05, 3.63) is 66.0 Å². The van der Waals surface area contributed by atoms with Crippen LogP contribution in [-0.2, 0) is 16.4 Å².